The summed E-state index contributed by atoms with van der Waals surface area (Å²) in [4.78, 5) is 83.3. The average molecular weight is 783 g/mol. The maximum absolute atomic E-state index is 14.0. The number of carbonyl (C=O) groups excluding carboxylic acids is 6. The van der Waals surface area contributed by atoms with Crippen LogP contribution >= 0.6 is 0 Å². The van der Waals surface area contributed by atoms with Crippen LogP contribution in [0.15, 0.2) is 85.1 Å². The molecule has 3 atom stereocenters. The van der Waals surface area contributed by atoms with Crippen LogP contribution in [0, 0.1) is 6.92 Å². The van der Waals surface area contributed by atoms with Crippen LogP contribution in [-0.4, -0.2) is 89.5 Å². The predicted molar refractivity (Wildman–Crippen MR) is 218 cm³/mol. The van der Waals surface area contributed by atoms with E-state index in [-0.39, 0.29) is 31.8 Å². The molecule has 1 aromatic heterocycles. The number of nitrogens with two attached hydrogens (primary N) is 1. The number of fused-ring (bicyclic) bond motifs is 1. The number of rotatable bonds is 18. The van der Waals surface area contributed by atoms with Gasteiger partial charge in [-0.25, -0.2) is 9.59 Å². The number of likely N-dealkylation sites (N-methyl/N-ethyl adjacent to an activating group) is 1. The van der Waals surface area contributed by atoms with E-state index in [2.05, 4.69) is 31.6 Å². The molecule has 0 aliphatic carbocycles. The van der Waals surface area contributed by atoms with Crippen molar-refractivity contribution in [2.45, 2.75) is 83.5 Å². The summed E-state index contributed by atoms with van der Waals surface area (Å²) in [6, 6.07) is 20.4. The molecule has 57 heavy (non-hydrogen) atoms. The highest BCUT2D eigenvalue weighted by molar-refractivity contribution is 5.94. The lowest BCUT2D eigenvalue weighted by Gasteiger charge is -2.27. The summed E-state index contributed by atoms with van der Waals surface area (Å²) < 4.78 is 5.46. The van der Waals surface area contributed by atoms with Gasteiger partial charge in [0.25, 0.3) is 0 Å². The van der Waals surface area contributed by atoms with Crippen LogP contribution in [-0.2, 0) is 36.8 Å². The molecular weight excluding hydrogens is 729 g/mol. The Morgan fingerprint density at radius 2 is 1.49 bits per heavy atom. The van der Waals surface area contributed by atoms with Gasteiger partial charge in [-0.3, -0.25) is 19.2 Å². The van der Waals surface area contributed by atoms with Gasteiger partial charge < -0.3 is 46.9 Å². The van der Waals surface area contributed by atoms with Crippen LogP contribution in [0.5, 0.6) is 0 Å². The van der Waals surface area contributed by atoms with E-state index in [0.29, 0.717) is 18.5 Å². The van der Waals surface area contributed by atoms with Crippen molar-refractivity contribution in [2.75, 3.05) is 25.5 Å². The van der Waals surface area contributed by atoms with Gasteiger partial charge >= 0.3 is 12.1 Å². The second kappa shape index (κ2) is 20.5. The molecule has 0 aliphatic rings. The van der Waals surface area contributed by atoms with Crippen molar-refractivity contribution in [3.8, 4) is 0 Å². The number of aryl methyl sites for hydroxylation is 1. The fraction of sp³-hybridized carbons (Fsp3) is 0.381. The molecule has 0 saturated heterocycles. The highest BCUT2D eigenvalue weighted by Crippen LogP contribution is 2.20. The highest BCUT2D eigenvalue weighted by atomic mass is 16.6. The monoisotopic (exact) mass is 782 g/mol. The third kappa shape index (κ3) is 13.7. The molecule has 0 radical (unpaired) electrons. The zero-order valence-electron chi connectivity index (χ0n) is 33.1. The molecule has 4 rings (SSSR count). The quantitative estimate of drug-likeness (QED) is 0.0734. The number of benzene rings is 3. The summed E-state index contributed by atoms with van der Waals surface area (Å²) >= 11 is 0. The Hall–Kier alpha value is -6.38. The first kappa shape index (κ1) is 43.3. The molecule has 7 amide bonds. The standard InChI is InChI=1S/C42H54N8O7/c1-27-15-9-11-19-31(27)48-40(55)44-22-14-13-21-33(38(53)46-26-36(51)50(5)35(37(43)52)23-28-16-7-6-8-17-28)47-39(54)34(49-41(56)57-42(2,3)4)24-29-25-45-32-20-12-10-18-30(29)32/h6-12,15-20,25,33-35,45H,13-14,21-24,26H2,1-5H3,(H2,43,52)(H,46,53)(H,47,54)(H,49,56)(H2,44,48,55)/t33-,34-,35-/m0/s1. The van der Waals surface area contributed by atoms with E-state index in [0.717, 1.165) is 27.6 Å². The molecular formula is C42H54N8O7. The molecule has 4 aromatic rings. The number of H-pyrrole nitrogens is 1. The third-order valence-electron chi connectivity index (χ3n) is 9.21. The topological polar surface area (TPSA) is 217 Å². The minimum Gasteiger partial charge on any atom is -0.444 e. The first-order valence-corrected chi connectivity index (χ1v) is 18.9. The van der Waals surface area contributed by atoms with E-state index in [9.17, 15) is 28.8 Å². The number of carbonyl (C=O) groups is 6. The lowest BCUT2D eigenvalue weighted by atomic mass is 10.0. The van der Waals surface area contributed by atoms with Crippen molar-refractivity contribution >= 4 is 52.3 Å². The number of aromatic nitrogens is 1. The molecule has 3 aromatic carbocycles. The minimum atomic E-state index is -1.15. The first-order chi connectivity index (χ1) is 27.1. The Morgan fingerprint density at radius 1 is 0.807 bits per heavy atom. The number of unbranched alkanes of at least 4 members (excludes halogenated alkanes) is 1. The van der Waals surface area contributed by atoms with Crippen LogP contribution in [0.3, 0.4) is 0 Å². The number of alkyl carbamates (subject to hydrolysis) is 1. The number of primary amides is 1. The number of amides is 7. The number of hydrogen-bond acceptors (Lipinski definition) is 7. The van der Waals surface area contributed by atoms with E-state index in [1.807, 2.05) is 79.7 Å². The molecule has 1 heterocycles. The summed E-state index contributed by atoms with van der Waals surface area (Å²) in [5.74, 6) is -2.58. The van der Waals surface area contributed by atoms with E-state index >= 15 is 0 Å². The van der Waals surface area contributed by atoms with Gasteiger partial charge in [0.2, 0.25) is 23.6 Å². The Morgan fingerprint density at radius 3 is 2.19 bits per heavy atom. The second-order valence-electron chi connectivity index (χ2n) is 14.8. The van der Waals surface area contributed by atoms with Crippen molar-refractivity contribution in [1.29, 1.82) is 0 Å². The number of anilines is 1. The number of ether oxygens (including phenoxy) is 1. The van der Waals surface area contributed by atoms with Crippen molar-refractivity contribution < 1.29 is 33.5 Å². The van der Waals surface area contributed by atoms with Crippen LogP contribution in [0.1, 0.15) is 56.7 Å². The Labute approximate surface area is 332 Å². The van der Waals surface area contributed by atoms with Crippen molar-refractivity contribution in [3.63, 3.8) is 0 Å². The molecule has 0 spiro atoms. The third-order valence-corrected chi connectivity index (χ3v) is 9.21. The molecule has 15 nitrogen and oxygen atoms in total. The average Bonchev–Trinajstić information content (AvgIpc) is 3.57. The number of nitrogens with zero attached hydrogens (tertiary/aromatic N) is 1. The molecule has 304 valence electrons. The predicted octanol–water partition coefficient (Wildman–Crippen LogP) is 4.06. The fourth-order valence-electron chi connectivity index (χ4n) is 6.13. The van der Waals surface area contributed by atoms with Crippen LogP contribution in [0.25, 0.3) is 10.9 Å². The first-order valence-electron chi connectivity index (χ1n) is 18.9. The van der Waals surface area contributed by atoms with Gasteiger partial charge in [0.15, 0.2) is 0 Å². The van der Waals surface area contributed by atoms with Crippen LogP contribution in [0.2, 0.25) is 0 Å². The van der Waals surface area contributed by atoms with E-state index in [1.165, 1.54) is 11.9 Å². The Bertz CT molecular complexity index is 2010. The molecule has 15 heteroatoms. The molecule has 8 N–H and O–H groups in total. The summed E-state index contributed by atoms with van der Waals surface area (Å²) in [6.45, 7) is 6.80. The van der Waals surface area contributed by atoms with Crippen LogP contribution < -0.4 is 32.3 Å². The number of aromatic amines is 1. The van der Waals surface area contributed by atoms with Gasteiger partial charge in [-0.15, -0.1) is 0 Å². The van der Waals surface area contributed by atoms with Gasteiger partial charge in [-0.1, -0.05) is 66.7 Å². The summed E-state index contributed by atoms with van der Waals surface area (Å²) in [6.07, 6.45) is 2.18. The lowest BCUT2D eigenvalue weighted by molar-refractivity contribution is -0.138. The summed E-state index contributed by atoms with van der Waals surface area (Å²) in [5.41, 5.74) is 8.82. The molecule has 0 aliphatic heterocycles. The van der Waals surface area contributed by atoms with Crippen molar-refractivity contribution in [1.82, 2.24) is 31.2 Å². The minimum absolute atomic E-state index is 0.0720. The van der Waals surface area contributed by atoms with Gasteiger partial charge in [0.05, 0.1) is 6.54 Å². The number of nitrogens with one attached hydrogen (secondary N) is 6. The largest absolute Gasteiger partial charge is 0.444 e. The summed E-state index contributed by atoms with van der Waals surface area (Å²) in [5, 5.41) is 14.5. The molecule has 0 unspecified atom stereocenters. The zero-order chi connectivity index (χ0) is 41.5. The summed E-state index contributed by atoms with van der Waals surface area (Å²) in [7, 11) is 1.44. The van der Waals surface area contributed by atoms with Crippen molar-refractivity contribution in [3.05, 3.63) is 102 Å². The zero-order valence-corrected chi connectivity index (χ0v) is 33.1. The number of para-hydroxylation sites is 2. The van der Waals surface area contributed by atoms with Crippen molar-refractivity contribution in [2.24, 2.45) is 5.73 Å². The van der Waals surface area contributed by atoms with Gasteiger partial charge in [-0.2, -0.15) is 0 Å². The Balaban J connectivity index is 1.46. The normalized spacial score (nSPS) is 12.7. The van der Waals surface area contributed by atoms with Crippen LogP contribution in [0.4, 0.5) is 15.3 Å². The smallest absolute Gasteiger partial charge is 0.408 e. The lowest BCUT2D eigenvalue weighted by Crippen LogP contribution is -2.56. The number of hydrogen-bond donors (Lipinski definition) is 7. The van der Waals surface area contributed by atoms with E-state index in [1.54, 1.807) is 33.0 Å². The molecule has 0 fully saturated rings. The maximum Gasteiger partial charge on any atom is 0.408 e. The fourth-order valence-corrected chi connectivity index (χ4v) is 6.13. The maximum atomic E-state index is 14.0. The molecule has 0 saturated carbocycles. The second-order valence-corrected chi connectivity index (χ2v) is 14.8. The van der Waals surface area contributed by atoms with Gasteiger partial charge in [0.1, 0.15) is 23.7 Å². The Kier molecular flexibility index (Phi) is 15.6. The van der Waals surface area contributed by atoms with Gasteiger partial charge in [-0.05, 0) is 75.8 Å². The SMILES string of the molecule is Cc1ccccc1NC(=O)NCCCC[C@H](NC(=O)[C@H](Cc1c[nH]c2ccccc12)NC(=O)OC(C)(C)C)C(=O)NCC(=O)N(C)[C@@H](Cc1ccccc1)C(N)=O. The highest BCUT2D eigenvalue weighted by Gasteiger charge is 2.31. The van der Waals surface area contributed by atoms with Gasteiger partial charge in [0, 0.05) is 49.2 Å². The van der Waals surface area contributed by atoms with E-state index < -0.39 is 60.0 Å². The molecule has 0 bridgehead atoms. The number of urea groups is 1. The van der Waals surface area contributed by atoms with E-state index in [4.69, 9.17) is 10.5 Å².